The van der Waals surface area contributed by atoms with E-state index >= 15 is 0 Å². The van der Waals surface area contributed by atoms with E-state index in [1.807, 2.05) is 0 Å². The second kappa shape index (κ2) is 12.0. The van der Waals surface area contributed by atoms with Crippen molar-refractivity contribution in [1.82, 2.24) is 15.0 Å². The van der Waals surface area contributed by atoms with Gasteiger partial charge in [0.2, 0.25) is 0 Å². The maximum atomic E-state index is 5.15. The molecule has 1 heterocycles. The molecule has 0 unspecified atom stereocenters. The first kappa shape index (κ1) is 31.1. The molecule has 0 saturated carbocycles. The van der Waals surface area contributed by atoms with Crippen LogP contribution in [-0.4, -0.2) is 23.0 Å². The Morgan fingerprint density at radius 2 is 0.878 bits per heavy atom. The van der Waals surface area contributed by atoms with Gasteiger partial charge in [-0.25, -0.2) is 15.0 Å². The summed E-state index contributed by atoms with van der Waals surface area (Å²) in [5.41, 5.74) is 5.96. The summed E-state index contributed by atoms with van der Waals surface area (Å²) in [7, 11) is -2.14. The van der Waals surface area contributed by atoms with E-state index in [0.29, 0.717) is 0 Å². The molecule has 7 aromatic carbocycles. The van der Waals surface area contributed by atoms with Crippen molar-refractivity contribution >= 4 is 50.8 Å². The van der Waals surface area contributed by atoms with Gasteiger partial charge in [0.15, 0.2) is 5.82 Å². The summed E-state index contributed by atoms with van der Waals surface area (Å²) in [6.45, 7) is 13.6. The number of benzene rings is 7. The molecule has 0 aliphatic rings. The number of hydrogen-bond acceptors (Lipinski definition) is 3. The van der Waals surface area contributed by atoms with Gasteiger partial charge in [0.05, 0.1) is 0 Å². The third-order valence-electron chi connectivity index (χ3n) is 10.2. The molecule has 8 rings (SSSR count). The zero-order chi connectivity index (χ0) is 33.9. The number of hydrogen-bond donors (Lipinski definition) is 0. The van der Waals surface area contributed by atoms with Crippen LogP contribution in [0.1, 0.15) is 51.2 Å². The largest absolute Gasteiger partial charge is 0.217 e. The van der Waals surface area contributed by atoms with Crippen LogP contribution >= 0.6 is 0 Å². The lowest BCUT2D eigenvalue weighted by atomic mass is 9.85. The van der Waals surface area contributed by atoms with Gasteiger partial charge in [0.1, 0.15) is 19.7 Å². The van der Waals surface area contributed by atoms with Gasteiger partial charge in [-0.15, -0.1) is 0 Å². The van der Waals surface area contributed by atoms with Crippen LogP contribution in [0.4, 0.5) is 0 Å². The van der Waals surface area contributed by atoms with Crippen molar-refractivity contribution in [3.8, 4) is 33.6 Å². The van der Waals surface area contributed by atoms with Crippen molar-refractivity contribution in [3.05, 3.63) is 139 Å². The molecule has 0 amide bonds. The summed E-state index contributed by atoms with van der Waals surface area (Å²) in [4.78, 5) is 15.2. The molecule has 0 bridgehead atoms. The molecule has 3 nitrogen and oxygen atoms in total. The standard InChI is InChI=1S/C45H41N3Si/c1-28(2)43-46-44(29(3)4)48-45(47-43)39-26-37(30-16-10-7-11-17-30)33-22-23-34-38(31-18-12-8-13-19-31)27-40(36-25-24-35(39)41(33)42(34)36)49(5,6)32-20-14-9-15-21-32/h7-29H,1-6H3. The van der Waals surface area contributed by atoms with Crippen molar-refractivity contribution in [2.24, 2.45) is 0 Å². The summed E-state index contributed by atoms with van der Waals surface area (Å²) < 4.78 is 0. The van der Waals surface area contributed by atoms with Gasteiger partial charge in [-0.3, -0.25) is 0 Å². The summed E-state index contributed by atoms with van der Waals surface area (Å²) in [5.74, 6) is 2.80. The van der Waals surface area contributed by atoms with Gasteiger partial charge in [-0.05, 0) is 65.8 Å². The van der Waals surface area contributed by atoms with Gasteiger partial charge in [0.25, 0.3) is 0 Å². The highest BCUT2D eigenvalue weighted by Gasteiger charge is 2.31. The highest BCUT2D eigenvalue weighted by molar-refractivity contribution is 7.01. The number of nitrogens with zero attached hydrogens (tertiary/aromatic N) is 3. The molecule has 0 aliphatic carbocycles. The molecule has 0 fully saturated rings. The van der Waals surface area contributed by atoms with E-state index in [4.69, 9.17) is 15.0 Å². The molecule has 240 valence electrons. The Morgan fingerprint density at radius 3 is 1.39 bits per heavy atom. The topological polar surface area (TPSA) is 38.7 Å². The third-order valence-corrected chi connectivity index (χ3v) is 13.7. The molecule has 49 heavy (non-hydrogen) atoms. The van der Waals surface area contributed by atoms with Crippen LogP contribution in [0.3, 0.4) is 0 Å². The molecule has 0 N–H and O–H groups in total. The summed E-state index contributed by atoms with van der Waals surface area (Å²) in [5, 5.41) is 10.5. The predicted octanol–water partition coefficient (Wildman–Crippen LogP) is 10.8. The van der Waals surface area contributed by atoms with Crippen LogP contribution in [0, 0.1) is 0 Å². The third kappa shape index (κ3) is 5.22. The lowest BCUT2D eigenvalue weighted by Crippen LogP contribution is -2.53. The second-order valence-electron chi connectivity index (χ2n) is 14.4. The average Bonchev–Trinajstić information content (AvgIpc) is 3.14. The van der Waals surface area contributed by atoms with Crippen molar-refractivity contribution in [2.75, 3.05) is 0 Å². The van der Waals surface area contributed by atoms with E-state index in [1.54, 1.807) is 0 Å². The maximum Gasteiger partial charge on any atom is 0.164 e. The molecule has 0 aliphatic heterocycles. The fourth-order valence-corrected chi connectivity index (χ4v) is 10.2. The van der Waals surface area contributed by atoms with Gasteiger partial charge < -0.3 is 0 Å². The molecular formula is C45H41N3Si. The lowest BCUT2D eigenvalue weighted by Gasteiger charge is -2.28. The normalized spacial score (nSPS) is 12.2. The number of rotatable bonds is 7. The Kier molecular flexibility index (Phi) is 7.65. The Morgan fingerprint density at radius 1 is 0.449 bits per heavy atom. The van der Waals surface area contributed by atoms with Crippen LogP contribution in [0.5, 0.6) is 0 Å². The zero-order valence-electron chi connectivity index (χ0n) is 29.1. The predicted molar refractivity (Wildman–Crippen MR) is 211 cm³/mol. The molecule has 0 atom stereocenters. The Labute approximate surface area is 290 Å². The first-order valence-corrected chi connectivity index (χ1v) is 20.4. The van der Waals surface area contributed by atoms with E-state index in [9.17, 15) is 0 Å². The minimum atomic E-state index is -2.14. The van der Waals surface area contributed by atoms with Crippen LogP contribution in [-0.2, 0) is 0 Å². The molecular weight excluding hydrogens is 611 g/mol. The summed E-state index contributed by atoms with van der Waals surface area (Å²) >= 11 is 0. The van der Waals surface area contributed by atoms with E-state index in [2.05, 4.69) is 168 Å². The Bertz CT molecular complexity index is 2420. The molecule has 0 radical (unpaired) electrons. The average molecular weight is 652 g/mol. The van der Waals surface area contributed by atoms with Crippen molar-refractivity contribution in [2.45, 2.75) is 52.6 Å². The highest BCUT2D eigenvalue weighted by Crippen LogP contribution is 2.45. The van der Waals surface area contributed by atoms with Crippen molar-refractivity contribution in [1.29, 1.82) is 0 Å². The minimum absolute atomic E-state index is 0.189. The first-order chi connectivity index (χ1) is 23.7. The fourth-order valence-electron chi connectivity index (χ4n) is 7.46. The minimum Gasteiger partial charge on any atom is -0.217 e. The fraction of sp³-hybridized carbons (Fsp3) is 0.178. The lowest BCUT2D eigenvalue weighted by molar-refractivity contribution is 0.697. The van der Waals surface area contributed by atoms with Gasteiger partial charge in [0, 0.05) is 17.4 Å². The molecule has 0 saturated heterocycles. The monoisotopic (exact) mass is 651 g/mol. The summed E-state index contributed by atoms with van der Waals surface area (Å²) in [6, 6.07) is 47.0. The Balaban J connectivity index is 1.56. The smallest absolute Gasteiger partial charge is 0.164 e. The molecule has 4 heteroatoms. The second-order valence-corrected chi connectivity index (χ2v) is 18.8. The van der Waals surface area contributed by atoms with Crippen LogP contribution in [0.2, 0.25) is 13.1 Å². The zero-order valence-corrected chi connectivity index (χ0v) is 30.1. The number of aromatic nitrogens is 3. The van der Waals surface area contributed by atoms with Gasteiger partial charge in [-0.2, -0.15) is 0 Å². The van der Waals surface area contributed by atoms with Crippen LogP contribution < -0.4 is 10.4 Å². The van der Waals surface area contributed by atoms with E-state index in [-0.39, 0.29) is 11.8 Å². The van der Waals surface area contributed by atoms with Crippen LogP contribution in [0.15, 0.2) is 127 Å². The molecule has 0 spiro atoms. The summed E-state index contributed by atoms with van der Waals surface area (Å²) in [6.07, 6.45) is 0. The van der Waals surface area contributed by atoms with Crippen molar-refractivity contribution in [3.63, 3.8) is 0 Å². The molecule has 8 aromatic rings. The molecule has 1 aromatic heterocycles. The van der Waals surface area contributed by atoms with E-state index in [1.165, 1.54) is 64.9 Å². The maximum absolute atomic E-state index is 5.15. The van der Waals surface area contributed by atoms with Gasteiger partial charge >= 0.3 is 0 Å². The van der Waals surface area contributed by atoms with Gasteiger partial charge in [-0.1, -0.05) is 167 Å². The van der Waals surface area contributed by atoms with E-state index < -0.39 is 8.07 Å². The quantitative estimate of drug-likeness (QED) is 0.127. The Hall–Kier alpha value is -5.19. The van der Waals surface area contributed by atoms with Crippen molar-refractivity contribution < 1.29 is 0 Å². The highest BCUT2D eigenvalue weighted by atomic mass is 28.3. The SMILES string of the molecule is CC(C)c1nc(-c2cc(-c3ccccc3)c3ccc4c(-c5ccccc5)cc([Si](C)(C)c5ccccc5)c5ccc2c3c45)nc(C(C)C)n1. The van der Waals surface area contributed by atoms with Crippen LogP contribution in [0.25, 0.3) is 66.0 Å². The van der Waals surface area contributed by atoms with E-state index in [0.717, 1.165) is 23.0 Å². The first-order valence-electron chi connectivity index (χ1n) is 17.4.